The number of thiophene rings is 1. The van der Waals surface area contributed by atoms with Gasteiger partial charge >= 0.3 is 17.9 Å². The second kappa shape index (κ2) is 7.44. The van der Waals surface area contributed by atoms with E-state index < -0.39 is 17.9 Å². The van der Waals surface area contributed by atoms with Gasteiger partial charge in [-0.3, -0.25) is 0 Å². The van der Waals surface area contributed by atoms with E-state index in [1.54, 1.807) is 12.3 Å². The predicted octanol–water partition coefficient (Wildman–Crippen LogP) is 1.48. The van der Waals surface area contributed by atoms with Gasteiger partial charge in [0, 0.05) is 10.3 Å². The normalized spacial score (nSPS) is 10.8. The fourth-order valence-electron chi connectivity index (χ4n) is 1.48. The van der Waals surface area contributed by atoms with Crippen LogP contribution in [-0.2, 0) is 23.8 Å². The van der Waals surface area contributed by atoms with Crippen LogP contribution in [0.15, 0.2) is 17.2 Å². The molecule has 0 fully saturated rings. The molecule has 0 aliphatic heterocycles. The van der Waals surface area contributed by atoms with Crippen LogP contribution in [0.1, 0.15) is 15.2 Å². The van der Waals surface area contributed by atoms with Crippen molar-refractivity contribution in [3.63, 3.8) is 0 Å². The predicted molar refractivity (Wildman–Crippen MR) is 76.1 cm³/mol. The van der Waals surface area contributed by atoms with Crippen molar-refractivity contribution in [3.05, 3.63) is 27.6 Å². The van der Waals surface area contributed by atoms with E-state index in [0.29, 0.717) is 16.1 Å². The van der Waals surface area contributed by atoms with Crippen LogP contribution in [0.4, 0.5) is 5.69 Å². The van der Waals surface area contributed by atoms with Crippen LogP contribution >= 0.6 is 11.3 Å². The number of nitrogens with one attached hydrogen (secondary N) is 1. The van der Waals surface area contributed by atoms with Crippen molar-refractivity contribution in [3.8, 4) is 0 Å². The van der Waals surface area contributed by atoms with Crippen molar-refractivity contribution < 1.29 is 28.6 Å². The summed E-state index contributed by atoms with van der Waals surface area (Å²) in [5, 5.41) is 4.33. The van der Waals surface area contributed by atoms with Gasteiger partial charge < -0.3 is 19.5 Å². The van der Waals surface area contributed by atoms with E-state index in [9.17, 15) is 14.4 Å². The molecule has 0 unspecified atom stereocenters. The van der Waals surface area contributed by atoms with Crippen molar-refractivity contribution in [1.29, 1.82) is 0 Å². The van der Waals surface area contributed by atoms with Gasteiger partial charge in [0.05, 0.1) is 38.7 Å². The average molecular weight is 313 g/mol. The van der Waals surface area contributed by atoms with Crippen LogP contribution < -0.4 is 5.32 Å². The number of methoxy groups -OCH3 is 3. The zero-order valence-corrected chi connectivity index (χ0v) is 12.8. The number of ether oxygens (including phenoxy) is 3. The summed E-state index contributed by atoms with van der Waals surface area (Å²) in [6, 6.07) is 0. The maximum Gasteiger partial charge on any atom is 0.354 e. The fraction of sp³-hybridized carbons (Fsp3) is 0.308. The summed E-state index contributed by atoms with van der Waals surface area (Å²) in [4.78, 5) is 35.4. The highest BCUT2D eigenvalue weighted by Crippen LogP contribution is 2.28. The molecule has 0 aliphatic carbocycles. The Hall–Kier alpha value is -2.35. The molecule has 0 aliphatic rings. The van der Waals surface area contributed by atoms with E-state index in [1.165, 1.54) is 32.7 Å². The molecule has 1 N–H and O–H groups in total. The van der Waals surface area contributed by atoms with Crippen molar-refractivity contribution in [1.82, 2.24) is 0 Å². The molecule has 1 rings (SSSR count). The summed E-state index contributed by atoms with van der Waals surface area (Å²) in [6.45, 7) is 1.74. The largest absolute Gasteiger partial charge is 0.466 e. The molecular weight excluding hydrogens is 298 g/mol. The Kier molecular flexibility index (Phi) is 5.92. The number of anilines is 1. The number of aryl methyl sites for hydroxylation is 1. The quantitative estimate of drug-likeness (QED) is 0.500. The average Bonchev–Trinajstić information content (AvgIpc) is 2.85. The summed E-state index contributed by atoms with van der Waals surface area (Å²) >= 11 is 1.30. The smallest absolute Gasteiger partial charge is 0.354 e. The first-order chi connectivity index (χ1) is 9.94. The highest BCUT2D eigenvalue weighted by atomic mass is 32.1. The van der Waals surface area contributed by atoms with Gasteiger partial charge in [0.25, 0.3) is 0 Å². The number of carbonyl (C=O) groups excluding carboxylic acids is 3. The Morgan fingerprint density at radius 1 is 1.14 bits per heavy atom. The first-order valence-electron chi connectivity index (χ1n) is 5.76. The lowest BCUT2D eigenvalue weighted by atomic mass is 10.2. The summed E-state index contributed by atoms with van der Waals surface area (Å²) in [7, 11) is 3.62. The molecule has 0 radical (unpaired) electrons. The standard InChI is InChI=1S/C13H15NO6S/c1-7-11(13(17)20-4)9(6-21-7)14-8(12(16)19-3)5-10(15)18-2/h5-6,14H,1-4H3/b8-5+. The summed E-state index contributed by atoms with van der Waals surface area (Å²) in [5.74, 6) is -2.03. The number of hydrogen-bond acceptors (Lipinski definition) is 8. The molecule has 0 bridgehead atoms. The highest BCUT2D eigenvalue weighted by molar-refractivity contribution is 7.10. The Labute approximate surface area is 125 Å². The molecule has 1 aromatic rings. The molecule has 0 saturated heterocycles. The van der Waals surface area contributed by atoms with Crippen LogP contribution in [-0.4, -0.2) is 39.2 Å². The maximum absolute atomic E-state index is 11.7. The van der Waals surface area contributed by atoms with Gasteiger partial charge in [0.1, 0.15) is 5.70 Å². The molecule has 21 heavy (non-hydrogen) atoms. The lowest BCUT2D eigenvalue weighted by Gasteiger charge is -2.09. The number of rotatable bonds is 5. The van der Waals surface area contributed by atoms with Crippen molar-refractivity contribution >= 4 is 34.9 Å². The molecule has 0 amide bonds. The van der Waals surface area contributed by atoms with Crippen molar-refractivity contribution in [2.75, 3.05) is 26.6 Å². The van der Waals surface area contributed by atoms with Gasteiger partial charge in [0.15, 0.2) is 0 Å². The van der Waals surface area contributed by atoms with Gasteiger partial charge in [-0.15, -0.1) is 11.3 Å². The molecule has 8 heteroatoms. The summed E-state index contributed by atoms with van der Waals surface area (Å²) in [6.07, 6.45) is 0.944. The van der Waals surface area contributed by atoms with Crippen LogP contribution in [0, 0.1) is 6.92 Å². The Morgan fingerprint density at radius 3 is 2.33 bits per heavy atom. The van der Waals surface area contributed by atoms with Gasteiger partial charge in [-0.05, 0) is 6.92 Å². The third-order valence-electron chi connectivity index (χ3n) is 2.50. The topological polar surface area (TPSA) is 90.9 Å². The number of esters is 3. The van der Waals surface area contributed by atoms with Crippen molar-refractivity contribution in [2.45, 2.75) is 6.92 Å². The van der Waals surface area contributed by atoms with Gasteiger partial charge in [-0.2, -0.15) is 0 Å². The van der Waals surface area contributed by atoms with E-state index in [-0.39, 0.29) is 5.70 Å². The molecule has 0 aromatic carbocycles. The fourth-order valence-corrected chi connectivity index (χ4v) is 2.26. The van der Waals surface area contributed by atoms with Crippen LogP contribution in [0.5, 0.6) is 0 Å². The second-order valence-electron chi connectivity index (χ2n) is 3.77. The van der Waals surface area contributed by atoms with Crippen LogP contribution in [0.2, 0.25) is 0 Å². The summed E-state index contributed by atoms with van der Waals surface area (Å²) < 4.78 is 13.7. The molecule has 114 valence electrons. The zero-order valence-electron chi connectivity index (χ0n) is 12.0. The third-order valence-corrected chi connectivity index (χ3v) is 3.41. The first-order valence-corrected chi connectivity index (χ1v) is 6.63. The monoisotopic (exact) mass is 313 g/mol. The van der Waals surface area contributed by atoms with Gasteiger partial charge in [-0.25, -0.2) is 14.4 Å². The van der Waals surface area contributed by atoms with E-state index in [1.807, 2.05) is 0 Å². The number of carbonyl (C=O) groups is 3. The van der Waals surface area contributed by atoms with Crippen molar-refractivity contribution in [2.24, 2.45) is 0 Å². The molecular formula is C13H15NO6S. The zero-order chi connectivity index (χ0) is 16.0. The lowest BCUT2D eigenvalue weighted by Crippen LogP contribution is -2.17. The first kappa shape index (κ1) is 16.7. The molecule has 7 nitrogen and oxygen atoms in total. The third kappa shape index (κ3) is 4.06. The van der Waals surface area contributed by atoms with E-state index in [2.05, 4.69) is 19.5 Å². The highest BCUT2D eigenvalue weighted by Gasteiger charge is 2.20. The van der Waals surface area contributed by atoms with E-state index >= 15 is 0 Å². The molecule has 0 spiro atoms. The van der Waals surface area contributed by atoms with Gasteiger partial charge in [-0.1, -0.05) is 0 Å². The molecule has 0 saturated carbocycles. The van der Waals surface area contributed by atoms with Crippen LogP contribution in [0.3, 0.4) is 0 Å². The Bertz CT molecular complexity index is 589. The van der Waals surface area contributed by atoms with E-state index in [0.717, 1.165) is 6.08 Å². The molecule has 1 heterocycles. The minimum absolute atomic E-state index is 0.146. The second-order valence-corrected chi connectivity index (χ2v) is 4.85. The minimum atomic E-state index is -0.764. The van der Waals surface area contributed by atoms with E-state index in [4.69, 9.17) is 0 Å². The molecule has 1 aromatic heterocycles. The Balaban J connectivity index is 3.16. The molecule has 0 atom stereocenters. The van der Waals surface area contributed by atoms with Gasteiger partial charge in [0.2, 0.25) is 0 Å². The SMILES string of the molecule is COC(=O)/C=C(/Nc1csc(C)c1C(=O)OC)C(=O)OC. The number of hydrogen-bond donors (Lipinski definition) is 1. The minimum Gasteiger partial charge on any atom is -0.466 e. The lowest BCUT2D eigenvalue weighted by molar-refractivity contribution is -0.138. The maximum atomic E-state index is 11.7. The Morgan fingerprint density at radius 2 is 1.81 bits per heavy atom. The summed E-state index contributed by atoms with van der Waals surface area (Å²) in [5.41, 5.74) is 0.499. The van der Waals surface area contributed by atoms with Crippen LogP contribution in [0.25, 0.3) is 0 Å².